The largest absolute Gasteiger partial charge is 0.501 e. The molecule has 1 aromatic rings. The molecule has 0 aromatic heterocycles. The van der Waals surface area contributed by atoms with Crippen molar-refractivity contribution in [2.75, 3.05) is 30.3 Å². The normalized spacial score (nSPS) is 17.8. The fourth-order valence-electron chi connectivity index (χ4n) is 3.06. The molecule has 6 heteroatoms. The van der Waals surface area contributed by atoms with Crippen LogP contribution in [0.1, 0.15) is 38.5 Å². The summed E-state index contributed by atoms with van der Waals surface area (Å²) in [5.74, 6) is -0.138. The first kappa shape index (κ1) is 17.3. The Kier molecular flexibility index (Phi) is 5.93. The van der Waals surface area contributed by atoms with Gasteiger partial charge in [0.2, 0.25) is 0 Å². The van der Waals surface area contributed by atoms with E-state index in [-0.39, 0.29) is 11.9 Å². The van der Waals surface area contributed by atoms with Gasteiger partial charge in [-0.15, -0.1) is 0 Å². The zero-order chi connectivity index (χ0) is 17.5. The third-order valence-corrected chi connectivity index (χ3v) is 4.51. The summed E-state index contributed by atoms with van der Waals surface area (Å²) < 4.78 is 5.20. The fraction of sp³-hybridized carbons (Fsp3) is 0.474. The number of likely N-dealkylation sites (tertiary alicyclic amines) is 1. The molecule has 25 heavy (non-hydrogen) atoms. The second-order valence-electron chi connectivity index (χ2n) is 6.48. The van der Waals surface area contributed by atoms with E-state index in [0.717, 1.165) is 44.5 Å². The van der Waals surface area contributed by atoms with E-state index in [1.165, 1.54) is 19.1 Å². The van der Waals surface area contributed by atoms with E-state index in [2.05, 4.69) is 10.6 Å². The van der Waals surface area contributed by atoms with Crippen LogP contribution in [0.2, 0.25) is 0 Å². The van der Waals surface area contributed by atoms with Crippen LogP contribution in [0.3, 0.4) is 0 Å². The van der Waals surface area contributed by atoms with Crippen molar-refractivity contribution in [2.45, 2.75) is 38.5 Å². The molecule has 1 aromatic carbocycles. The van der Waals surface area contributed by atoms with Crippen molar-refractivity contribution in [3.05, 3.63) is 36.1 Å². The minimum atomic E-state index is -0.138. The molecule has 0 unspecified atom stereocenters. The molecule has 3 amide bonds. The predicted molar refractivity (Wildman–Crippen MR) is 97.4 cm³/mol. The number of urea groups is 1. The third kappa shape index (κ3) is 4.98. The molecule has 0 radical (unpaired) electrons. The molecule has 134 valence electrons. The van der Waals surface area contributed by atoms with Gasteiger partial charge < -0.3 is 20.3 Å². The van der Waals surface area contributed by atoms with Crippen LogP contribution in [-0.2, 0) is 9.53 Å². The number of hydrogen-bond donors (Lipinski definition) is 2. The van der Waals surface area contributed by atoms with Gasteiger partial charge in [0.05, 0.1) is 18.4 Å². The summed E-state index contributed by atoms with van der Waals surface area (Å²) in [6.07, 6.45) is 7.65. The number of rotatable bonds is 3. The molecule has 3 rings (SSSR count). The Morgan fingerprint density at radius 1 is 0.880 bits per heavy atom. The predicted octanol–water partition coefficient (Wildman–Crippen LogP) is 3.73. The maximum absolute atomic E-state index is 12.3. The molecule has 0 spiro atoms. The van der Waals surface area contributed by atoms with E-state index in [0.29, 0.717) is 17.9 Å². The molecule has 0 saturated carbocycles. The Morgan fingerprint density at radius 3 is 2.12 bits per heavy atom. The van der Waals surface area contributed by atoms with Crippen LogP contribution >= 0.6 is 0 Å². The number of carbonyl (C=O) groups is 2. The summed E-state index contributed by atoms with van der Waals surface area (Å²) >= 11 is 0. The number of nitrogens with one attached hydrogen (secondary N) is 2. The molecule has 0 aliphatic carbocycles. The summed E-state index contributed by atoms with van der Waals surface area (Å²) in [5, 5.41) is 5.78. The summed E-state index contributed by atoms with van der Waals surface area (Å²) in [4.78, 5) is 26.3. The lowest BCUT2D eigenvalue weighted by Crippen LogP contribution is -2.35. The SMILES string of the molecule is O=C(Nc1ccc(NC(=O)N2CCCCCC2)cc1)C1=COCCC1. The first-order valence-corrected chi connectivity index (χ1v) is 9.00. The molecule has 1 saturated heterocycles. The number of carbonyl (C=O) groups excluding carboxylic acids is 2. The topological polar surface area (TPSA) is 70.7 Å². The first-order valence-electron chi connectivity index (χ1n) is 9.00. The Hall–Kier alpha value is -2.50. The van der Waals surface area contributed by atoms with E-state index >= 15 is 0 Å². The molecule has 0 atom stereocenters. The lowest BCUT2D eigenvalue weighted by molar-refractivity contribution is -0.113. The van der Waals surface area contributed by atoms with Gasteiger partial charge in [-0.05, 0) is 49.9 Å². The third-order valence-electron chi connectivity index (χ3n) is 4.51. The lowest BCUT2D eigenvalue weighted by Gasteiger charge is -2.20. The van der Waals surface area contributed by atoms with Crippen LogP contribution in [-0.4, -0.2) is 36.5 Å². The van der Waals surface area contributed by atoms with Crippen molar-refractivity contribution in [1.29, 1.82) is 0 Å². The summed E-state index contributed by atoms with van der Waals surface area (Å²) in [7, 11) is 0. The van der Waals surface area contributed by atoms with Gasteiger partial charge in [0.1, 0.15) is 0 Å². The average molecular weight is 343 g/mol. The quantitative estimate of drug-likeness (QED) is 0.878. The summed E-state index contributed by atoms with van der Waals surface area (Å²) in [6.45, 7) is 2.30. The molecule has 1 fully saturated rings. The van der Waals surface area contributed by atoms with Crippen LogP contribution in [0.4, 0.5) is 16.2 Å². The van der Waals surface area contributed by atoms with Crippen molar-refractivity contribution in [3.8, 4) is 0 Å². The summed E-state index contributed by atoms with van der Waals surface area (Å²) in [5.41, 5.74) is 2.08. The smallest absolute Gasteiger partial charge is 0.321 e. The highest BCUT2D eigenvalue weighted by atomic mass is 16.5. The Labute approximate surface area is 148 Å². The molecule has 2 heterocycles. The first-order chi connectivity index (χ1) is 12.2. The highest BCUT2D eigenvalue weighted by Gasteiger charge is 2.16. The van der Waals surface area contributed by atoms with Gasteiger partial charge in [-0.3, -0.25) is 4.79 Å². The standard InChI is InChI=1S/C19H25N3O3/c23-18(15-6-5-13-25-14-15)20-16-7-9-17(10-8-16)21-19(24)22-11-3-1-2-4-12-22/h7-10,14H,1-6,11-13H2,(H,20,23)(H,21,24). The fourth-order valence-corrected chi connectivity index (χ4v) is 3.06. The van der Waals surface area contributed by atoms with E-state index < -0.39 is 0 Å². The lowest BCUT2D eigenvalue weighted by atomic mass is 10.1. The highest BCUT2D eigenvalue weighted by Crippen LogP contribution is 2.18. The second kappa shape index (κ2) is 8.55. The zero-order valence-electron chi connectivity index (χ0n) is 14.4. The number of anilines is 2. The Bertz CT molecular complexity index is 632. The number of ether oxygens (including phenoxy) is 1. The van der Waals surface area contributed by atoms with Gasteiger partial charge in [0.25, 0.3) is 5.91 Å². The monoisotopic (exact) mass is 343 g/mol. The second-order valence-corrected chi connectivity index (χ2v) is 6.48. The van der Waals surface area contributed by atoms with Gasteiger partial charge in [-0.1, -0.05) is 12.8 Å². The van der Waals surface area contributed by atoms with Crippen LogP contribution < -0.4 is 10.6 Å². The average Bonchev–Trinajstić information content (AvgIpc) is 2.93. The van der Waals surface area contributed by atoms with Crippen LogP contribution in [0.5, 0.6) is 0 Å². The minimum absolute atomic E-state index is 0.0526. The molecule has 2 aliphatic heterocycles. The maximum Gasteiger partial charge on any atom is 0.321 e. The molecule has 2 N–H and O–H groups in total. The Morgan fingerprint density at radius 2 is 1.52 bits per heavy atom. The zero-order valence-corrected chi connectivity index (χ0v) is 14.4. The van der Waals surface area contributed by atoms with Crippen LogP contribution in [0.15, 0.2) is 36.1 Å². The van der Waals surface area contributed by atoms with E-state index in [1.807, 2.05) is 4.90 Å². The van der Waals surface area contributed by atoms with E-state index in [1.54, 1.807) is 24.3 Å². The summed E-state index contributed by atoms with van der Waals surface area (Å²) in [6, 6.07) is 7.14. The Balaban J connectivity index is 1.53. The van der Waals surface area contributed by atoms with Crippen molar-refractivity contribution in [1.82, 2.24) is 4.90 Å². The van der Waals surface area contributed by atoms with Crippen molar-refractivity contribution < 1.29 is 14.3 Å². The molecule has 2 aliphatic rings. The number of hydrogen-bond acceptors (Lipinski definition) is 3. The number of benzene rings is 1. The number of amides is 3. The van der Waals surface area contributed by atoms with Crippen molar-refractivity contribution >= 4 is 23.3 Å². The highest BCUT2D eigenvalue weighted by molar-refractivity contribution is 6.03. The molecule has 0 bridgehead atoms. The molecule has 6 nitrogen and oxygen atoms in total. The molecular formula is C19H25N3O3. The van der Waals surface area contributed by atoms with E-state index in [4.69, 9.17) is 4.74 Å². The van der Waals surface area contributed by atoms with Gasteiger partial charge >= 0.3 is 6.03 Å². The van der Waals surface area contributed by atoms with Crippen LogP contribution in [0.25, 0.3) is 0 Å². The number of nitrogens with zero attached hydrogens (tertiary/aromatic N) is 1. The van der Waals surface area contributed by atoms with Crippen LogP contribution in [0, 0.1) is 0 Å². The minimum Gasteiger partial charge on any atom is -0.501 e. The van der Waals surface area contributed by atoms with Crippen molar-refractivity contribution in [3.63, 3.8) is 0 Å². The van der Waals surface area contributed by atoms with Crippen molar-refractivity contribution in [2.24, 2.45) is 0 Å². The van der Waals surface area contributed by atoms with Gasteiger partial charge in [0.15, 0.2) is 0 Å². The maximum atomic E-state index is 12.3. The van der Waals surface area contributed by atoms with E-state index in [9.17, 15) is 9.59 Å². The van der Waals surface area contributed by atoms with Gasteiger partial charge in [-0.25, -0.2) is 4.79 Å². The molecular weight excluding hydrogens is 318 g/mol. The van der Waals surface area contributed by atoms with Gasteiger partial charge in [0, 0.05) is 24.5 Å². The van der Waals surface area contributed by atoms with Gasteiger partial charge in [-0.2, -0.15) is 0 Å².